The molecular weight excluding hydrogens is 250 g/mol. The number of hydrogen-bond acceptors (Lipinski definition) is 2. The van der Waals surface area contributed by atoms with E-state index in [1.807, 2.05) is 24.3 Å². The lowest BCUT2D eigenvalue weighted by Crippen LogP contribution is -2.36. The third-order valence-electron chi connectivity index (χ3n) is 4.23. The molecule has 20 heavy (non-hydrogen) atoms. The fourth-order valence-electron chi connectivity index (χ4n) is 2.94. The van der Waals surface area contributed by atoms with Gasteiger partial charge in [-0.1, -0.05) is 56.9 Å². The zero-order chi connectivity index (χ0) is 14.4. The Morgan fingerprint density at radius 2 is 1.80 bits per heavy atom. The first-order valence-electron chi connectivity index (χ1n) is 7.78. The van der Waals surface area contributed by atoms with Crippen LogP contribution in [0.5, 0.6) is 0 Å². The Kier molecular flexibility index (Phi) is 5.60. The van der Waals surface area contributed by atoms with Crippen LogP contribution in [-0.2, 0) is 11.2 Å². The van der Waals surface area contributed by atoms with Gasteiger partial charge in [0.05, 0.1) is 0 Å². The number of nitrogens with one attached hydrogen (secondary N) is 1. The number of carbonyl (C=O) groups is 1. The summed E-state index contributed by atoms with van der Waals surface area (Å²) in [6, 6.07) is 7.70. The number of aliphatic carboxylic acids is 1. The van der Waals surface area contributed by atoms with E-state index in [9.17, 15) is 9.90 Å². The summed E-state index contributed by atoms with van der Waals surface area (Å²) in [5.41, 5.74) is 2.10. The van der Waals surface area contributed by atoms with E-state index < -0.39 is 12.0 Å². The Hall–Kier alpha value is -1.35. The van der Waals surface area contributed by atoms with E-state index in [-0.39, 0.29) is 0 Å². The zero-order valence-electron chi connectivity index (χ0n) is 12.3. The molecule has 0 radical (unpaired) electrons. The number of rotatable bonds is 5. The van der Waals surface area contributed by atoms with Crippen molar-refractivity contribution >= 4 is 5.97 Å². The van der Waals surface area contributed by atoms with Crippen molar-refractivity contribution < 1.29 is 9.90 Å². The van der Waals surface area contributed by atoms with Crippen molar-refractivity contribution in [3.63, 3.8) is 0 Å². The molecule has 0 aromatic heterocycles. The van der Waals surface area contributed by atoms with Gasteiger partial charge in [0, 0.05) is 6.04 Å². The van der Waals surface area contributed by atoms with Crippen molar-refractivity contribution in [2.75, 3.05) is 0 Å². The summed E-state index contributed by atoms with van der Waals surface area (Å²) in [5.74, 6) is -0.779. The molecular formula is C17H25NO2. The van der Waals surface area contributed by atoms with Crippen LogP contribution in [0.2, 0.25) is 0 Å². The predicted molar refractivity (Wildman–Crippen MR) is 80.8 cm³/mol. The molecule has 1 aliphatic rings. The van der Waals surface area contributed by atoms with E-state index in [1.54, 1.807) is 0 Å². The summed E-state index contributed by atoms with van der Waals surface area (Å²) in [7, 11) is 0. The van der Waals surface area contributed by atoms with Gasteiger partial charge in [0.15, 0.2) is 0 Å². The second kappa shape index (κ2) is 7.44. The van der Waals surface area contributed by atoms with E-state index in [0.29, 0.717) is 6.04 Å². The summed E-state index contributed by atoms with van der Waals surface area (Å²) < 4.78 is 0. The number of carboxylic acid groups (broad SMARTS) is 1. The Bertz CT molecular complexity index is 419. The van der Waals surface area contributed by atoms with Crippen LogP contribution in [0.3, 0.4) is 0 Å². The highest BCUT2D eigenvalue weighted by Crippen LogP contribution is 2.22. The largest absolute Gasteiger partial charge is 0.480 e. The van der Waals surface area contributed by atoms with Gasteiger partial charge in [0.25, 0.3) is 0 Å². The average molecular weight is 275 g/mol. The van der Waals surface area contributed by atoms with E-state index in [0.717, 1.165) is 24.8 Å². The molecule has 0 spiro atoms. The monoisotopic (exact) mass is 275 g/mol. The molecule has 0 bridgehead atoms. The van der Waals surface area contributed by atoms with Gasteiger partial charge in [-0.25, -0.2) is 0 Å². The van der Waals surface area contributed by atoms with Gasteiger partial charge < -0.3 is 5.11 Å². The molecule has 1 saturated carbocycles. The van der Waals surface area contributed by atoms with Crippen LogP contribution in [0, 0.1) is 0 Å². The smallest absolute Gasteiger partial charge is 0.325 e. The van der Waals surface area contributed by atoms with Gasteiger partial charge in [-0.15, -0.1) is 0 Å². The molecule has 2 N–H and O–H groups in total. The predicted octanol–water partition coefficient (Wildman–Crippen LogP) is 3.69. The molecule has 3 heteroatoms. The molecule has 0 amide bonds. The van der Waals surface area contributed by atoms with Crippen molar-refractivity contribution in [2.45, 2.75) is 64.0 Å². The molecule has 1 aromatic rings. The Morgan fingerprint density at radius 3 is 2.30 bits per heavy atom. The van der Waals surface area contributed by atoms with Crippen molar-refractivity contribution in [3.8, 4) is 0 Å². The Labute approximate surface area is 121 Å². The van der Waals surface area contributed by atoms with E-state index in [4.69, 9.17) is 0 Å². The van der Waals surface area contributed by atoms with E-state index >= 15 is 0 Å². The first-order chi connectivity index (χ1) is 9.70. The highest BCUT2D eigenvalue weighted by Gasteiger charge is 2.23. The van der Waals surface area contributed by atoms with Gasteiger partial charge in [0.2, 0.25) is 0 Å². The second-order valence-electron chi connectivity index (χ2n) is 5.72. The molecule has 1 fully saturated rings. The first kappa shape index (κ1) is 15.0. The van der Waals surface area contributed by atoms with Crippen molar-refractivity contribution in [1.82, 2.24) is 5.32 Å². The Balaban J connectivity index is 2.07. The number of hydrogen-bond donors (Lipinski definition) is 2. The molecule has 0 heterocycles. The molecule has 1 aromatic carbocycles. The van der Waals surface area contributed by atoms with Crippen molar-refractivity contribution in [2.24, 2.45) is 0 Å². The standard InChI is InChI=1S/C17H25NO2/c1-2-13-9-11-14(12-10-13)16(17(19)20)18-15-7-5-3-4-6-8-15/h9-12,15-16,18H,2-8H2,1H3,(H,19,20). The number of aryl methyl sites for hydroxylation is 1. The van der Waals surface area contributed by atoms with Gasteiger partial charge in [-0.05, 0) is 30.4 Å². The molecule has 1 aliphatic carbocycles. The summed E-state index contributed by atoms with van der Waals surface area (Å²) in [6.07, 6.45) is 8.14. The fourth-order valence-corrected chi connectivity index (χ4v) is 2.94. The van der Waals surface area contributed by atoms with Crippen LogP contribution in [-0.4, -0.2) is 17.1 Å². The maximum atomic E-state index is 11.6. The van der Waals surface area contributed by atoms with Crippen LogP contribution in [0.15, 0.2) is 24.3 Å². The van der Waals surface area contributed by atoms with Crippen molar-refractivity contribution in [3.05, 3.63) is 35.4 Å². The third-order valence-corrected chi connectivity index (χ3v) is 4.23. The molecule has 0 saturated heterocycles. The molecule has 3 nitrogen and oxygen atoms in total. The van der Waals surface area contributed by atoms with E-state index in [2.05, 4.69) is 12.2 Å². The SMILES string of the molecule is CCc1ccc(C(NC2CCCCCC2)C(=O)O)cc1. The number of benzene rings is 1. The highest BCUT2D eigenvalue weighted by molar-refractivity contribution is 5.75. The summed E-state index contributed by atoms with van der Waals surface area (Å²) >= 11 is 0. The minimum atomic E-state index is -0.779. The lowest BCUT2D eigenvalue weighted by molar-refractivity contribution is -0.140. The molecule has 0 aliphatic heterocycles. The van der Waals surface area contributed by atoms with Gasteiger partial charge in [0.1, 0.15) is 6.04 Å². The topological polar surface area (TPSA) is 49.3 Å². The van der Waals surface area contributed by atoms with Crippen LogP contribution in [0.1, 0.15) is 62.6 Å². The van der Waals surface area contributed by atoms with Crippen LogP contribution in [0.25, 0.3) is 0 Å². The maximum absolute atomic E-state index is 11.6. The minimum absolute atomic E-state index is 0.337. The number of carboxylic acids is 1. The summed E-state index contributed by atoms with van der Waals surface area (Å²) in [6.45, 7) is 2.10. The maximum Gasteiger partial charge on any atom is 0.325 e. The first-order valence-corrected chi connectivity index (χ1v) is 7.78. The lowest BCUT2D eigenvalue weighted by Gasteiger charge is -2.22. The quantitative estimate of drug-likeness (QED) is 0.806. The van der Waals surface area contributed by atoms with Crippen molar-refractivity contribution in [1.29, 1.82) is 0 Å². The van der Waals surface area contributed by atoms with Gasteiger partial charge >= 0.3 is 5.97 Å². The molecule has 110 valence electrons. The zero-order valence-corrected chi connectivity index (χ0v) is 12.3. The third kappa shape index (κ3) is 4.07. The molecule has 1 atom stereocenters. The summed E-state index contributed by atoms with van der Waals surface area (Å²) in [4.78, 5) is 11.6. The second-order valence-corrected chi connectivity index (χ2v) is 5.72. The van der Waals surface area contributed by atoms with Crippen LogP contribution >= 0.6 is 0 Å². The molecule has 2 rings (SSSR count). The minimum Gasteiger partial charge on any atom is -0.480 e. The Morgan fingerprint density at radius 1 is 1.20 bits per heavy atom. The van der Waals surface area contributed by atoms with Crippen LogP contribution in [0.4, 0.5) is 0 Å². The lowest BCUT2D eigenvalue weighted by atomic mass is 10.0. The van der Waals surface area contributed by atoms with Crippen LogP contribution < -0.4 is 5.32 Å². The fraction of sp³-hybridized carbons (Fsp3) is 0.588. The highest BCUT2D eigenvalue weighted by atomic mass is 16.4. The van der Waals surface area contributed by atoms with E-state index in [1.165, 1.54) is 31.2 Å². The summed E-state index contributed by atoms with van der Waals surface area (Å²) in [5, 5.41) is 12.8. The normalized spacial score (nSPS) is 18.4. The van der Waals surface area contributed by atoms with Gasteiger partial charge in [-0.2, -0.15) is 0 Å². The average Bonchev–Trinajstić information content (AvgIpc) is 2.73. The van der Waals surface area contributed by atoms with Gasteiger partial charge in [-0.3, -0.25) is 10.1 Å². The molecule has 1 unspecified atom stereocenters.